The SMILES string of the molecule is C[C@H]1c2ccsc2CCN1C(=O)c1ccc(Cl)cc1Cl. The van der Waals surface area contributed by atoms with Crippen LogP contribution in [0.15, 0.2) is 29.6 Å². The average Bonchev–Trinajstić information content (AvgIpc) is 2.87. The number of nitrogens with zero attached hydrogens (tertiary/aromatic N) is 1. The number of carbonyl (C=O) groups excluding carboxylic acids is 1. The van der Waals surface area contributed by atoms with Gasteiger partial charge in [-0.1, -0.05) is 23.2 Å². The Morgan fingerprint density at radius 1 is 1.35 bits per heavy atom. The lowest BCUT2D eigenvalue weighted by Gasteiger charge is -2.34. The molecule has 0 fully saturated rings. The van der Waals surface area contributed by atoms with E-state index in [1.807, 2.05) is 4.90 Å². The molecular weight excluding hydrogens is 313 g/mol. The van der Waals surface area contributed by atoms with Crippen LogP contribution in [0.5, 0.6) is 0 Å². The second-order valence-electron chi connectivity index (χ2n) is 4.85. The van der Waals surface area contributed by atoms with Crippen LogP contribution in [0.4, 0.5) is 0 Å². The predicted octanol–water partition coefficient (Wildman–Crippen LogP) is 4.81. The van der Waals surface area contributed by atoms with Gasteiger partial charge in [0, 0.05) is 16.4 Å². The molecule has 0 spiro atoms. The number of hydrogen-bond acceptors (Lipinski definition) is 2. The van der Waals surface area contributed by atoms with Crippen molar-refractivity contribution in [1.82, 2.24) is 4.90 Å². The molecule has 1 atom stereocenters. The molecule has 0 bridgehead atoms. The van der Waals surface area contributed by atoms with Gasteiger partial charge in [0.05, 0.1) is 16.6 Å². The third-order valence-electron chi connectivity index (χ3n) is 3.70. The molecule has 0 radical (unpaired) electrons. The fourth-order valence-corrected chi connectivity index (χ4v) is 4.06. The van der Waals surface area contributed by atoms with Gasteiger partial charge in [0.25, 0.3) is 5.91 Å². The standard InChI is InChI=1S/C15H13Cl2NOS/c1-9-11-5-7-20-14(11)4-6-18(9)15(19)12-3-2-10(16)8-13(12)17/h2-3,5,7-9H,4,6H2,1H3/t9-/m0/s1. The van der Waals surface area contributed by atoms with Crippen LogP contribution in [-0.4, -0.2) is 17.4 Å². The lowest BCUT2D eigenvalue weighted by atomic mass is 10.0. The summed E-state index contributed by atoms with van der Waals surface area (Å²) in [7, 11) is 0. The molecule has 2 aromatic rings. The number of amides is 1. The van der Waals surface area contributed by atoms with Crippen LogP contribution in [0.2, 0.25) is 10.0 Å². The number of benzene rings is 1. The van der Waals surface area contributed by atoms with E-state index in [2.05, 4.69) is 18.4 Å². The number of thiophene rings is 1. The molecule has 1 aromatic heterocycles. The third kappa shape index (κ3) is 2.34. The van der Waals surface area contributed by atoms with Crippen molar-refractivity contribution in [3.05, 3.63) is 55.7 Å². The van der Waals surface area contributed by atoms with Gasteiger partial charge in [0.15, 0.2) is 0 Å². The first-order valence-electron chi connectivity index (χ1n) is 6.40. The van der Waals surface area contributed by atoms with Gasteiger partial charge in [0.1, 0.15) is 0 Å². The fraction of sp³-hybridized carbons (Fsp3) is 0.267. The van der Waals surface area contributed by atoms with E-state index < -0.39 is 0 Å². The van der Waals surface area contributed by atoms with E-state index in [9.17, 15) is 4.79 Å². The number of hydrogen-bond donors (Lipinski definition) is 0. The summed E-state index contributed by atoms with van der Waals surface area (Å²) >= 11 is 13.8. The lowest BCUT2D eigenvalue weighted by molar-refractivity contribution is 0.0679. The van der Waals surface area contributed by atoms with E-state index >= 15 is 0 Å². The van der Waals surface area contributed by atoms with Crippen LogP contribution in [0.1, 0.15) is 33.8 Å². The Morgan fingerprint density at radius 3 is 2.90 bits per heavy atom. The molecule has 0 unspecified atom stereocenters. The maximum absolute atomic E-state index is 12.7. The average molecular weight is 326 g/mol. The third-order valence-corrected chi connectivity index (χ3v) is 5.24. The molecule has 0 saturated carbocycles. The van der Waals surface area contributed by atoms with Crippen LogP contribution in [0.3, 0.4) is 0 Å². The van der Waals surface area contributed by atoms with E-state index in [0.717, 1.165) is 13.0 Å². The normalized spacial score (nSPS) is 17.9. The maximum Gasteiger partial charge on any atom is 0.255 e. The smallest absolute Gasteiger partial charge is 0.255 e. The maximum atomic E-state index is 12.7. The van der Waals surface area contributed by atoms with Gasteiger partial charge in [-0.05, 0) is 48.6 Å². The molecule has 1 aliphatic rings. The minimum Gasteiger partial charge on any atom is -0.331 e. The minimum absolute atomic E-state index is 0.0315. The van der Waals surface area contributed by atoms with E-state index in [1.54, 1.807) is 29.5 Å². The molecule has 20 heavy (non-hydrogen) atoms. The number of rotatable bonds is 1. The molecule has 5 heteroatoms. The minimum atomic E-state index is -0.0315. The van der Waals surface area contributed by atoms with Crippen molar-refractivity contribution in [1.29, 1.82) is 0 Å². The molecular formula is C15H13Cl2NOS. The Kier molecular flexibility index (Phi) is 3.76. The first-order valence-corrected chi connectivity index (χ1v) is 8.04. The summed E-state index contributed by atoms with van der Waals surface area (Å²) in [5.74, 6) is -0.0315. The van der Waals surface area contributed by atoms with Crippen molar-refractivity contribution < 1.29 is 4.79 Å². The van der Waals surface area contributed by atoms with E-state index in [1.165, 1.54) is 10.4 Å². The molecule has 3 rings (SSSR count). The summed E-state index contributed by atoms with van der Waals surface area (Å²) < 4.78 is 0. The summed E-state index contributed by atoms with van der Waals surface area (Å²) in [6.07, 6.45) is 0.911. The van der Waals surface area contributed by atoms with Gasteiger partial charge in [-0.15, -0.1) is 11.3 Å². The zero-order valence-corrected chi connectivity index (χ0v) is 13.2. The van der Waals surface area contributed by atoms with Crippen molar-refractivity contribution in [2.45, 2.75) is 19.4 Å². The zero-order chi connectivity index (χ0) is 14.3. The topological polar surface area (TPSA) is 20.3 Å². The summed E-state index contributed by atoms with van der Waals surface area (Å²) in [4.78, 5) is 15.9. The van der Waals surface area contributed by atoms with Gasteiger partial charge in [0.2, 0.25) is 0 Å². The predicted molar refractivity (Wildman–Crippen MR) is 83.9 cm³/mol. The number of fused-ring (bicyclic) bond motifs is 1. The molecule has 0 aliphatic carbocycles. The highest BCUT2D eigenvalue weighted by Crippen LogP contribution is 2.34. The molecule has 2 heterocycles. The summed E-state index contributed by atoms with van der Waals surface area (Å²) in [6, 6.07) is 7.20. The van der Waals surface area contributed by atoms with Crippen LogP contribution >= 0.6 is 34.5 Å². The largest absolute Gasteiger partial charge is 0.331 e. The first kappa shape index (κ1) is 13.9. The highest BCUT2D eigenvalue weighted by atomic mass is 35.5. The van der Waals surface area contributed by atoms with Crippen LogP contribution in [-0.2, 0) is 6.42 Å². The summed E-state index contributed by atoms with van der Waals surface area (Å²) in [6.45, 7) is 2.79. The number of halogens is 2. The molecule has 1 aromatic carbocycles. The van der Waals surface area contributed by atoms with E-state index in [0.29, 0.717) is 15.6 Å². The van der Waals surface area contributed by atoms with Gasteiger partial charge in [-0.2, -0.15) is 0 Å². The van der Waals surface area contributed by atoms with Gasteiger partial charge in [-0.25, -0.2) is 0 Å². The fourth-order valence-electron chi connectivity index (χ4n) is 2.60. The van der Waals surface area contributed by atoms with E-state index in [4.69, 9.17) is 23.2 Å². The van der Waals surface area contributed by atoms with Gasteiger partial charge < -0.3 is 4.90 Å². The van der Waals surface area contributed by atoms with Crippen molar-refractivity contribution in [3.63, 3.8) is 0 Å². The molecule has 2 nitrogen and oxygen atoms in total. The van der Waals surface area contributed by atoms with Crippen molar-refractivity contribution in [2.24, 2.45) is 0 Å². The quantitative estimate of drug-likeness (QED) is 0.736. The van der Waals surface area contributed by atoms with Crippen molar-refractivity contribution in [3.8, 4) is 0 Å². The monoisotopic (exact) mass is 325 g/mol. The highest BCUT2D eigenvalue weighted by molar-refractivity contribution is 7.10. The second-order valence-corrected chi connectivity index (χ2v) is 6.69. The molecule has 1 aliphatic heterocycles. The van der Waals surface area contributed by atoms with Crippen molar-refractivity contribution in [2.75, 3.05) is 6.54 Å². The Labute approximate surface area is 131 Å². The van der Waals surface area contributed by atoms with Gasteiger partial charge >= 0.3 is 0 Å². The Bertz CT molecular complexity index is 668. The number of carbonyl (C=O) groups is 1. The second kappa shape index (κ2) is 5.40. The molecule has 0 saturated heterocycles. The van der Waals surface area contributed by atoms with Crippen LogP contribution < -0.4 is 0 Å². The van der Waals surface area contributed by atoms with Gasteiger partial charge in [-0.3, -0.25) is 4.79 Å². The molecule has 1 amide bonds. The zero-order valence-electron chi connectivity index (χ0n) is 10.9. The first-order chi connectivity index (χ1) is 9.58. The Hall–Kier alpha value is -1.03. The molecule has 104 valence electrons. The van der Waals surface area contributed by atoms with E-state index in [-0.39, 0.29) is 11.9 Å². The lowest BCUT2D eigenvalue weighted by Crippen LogP contribution is -2.38. The van der Waals surface area contributed by atoms with Crippen LogP contribution in [0, 0.1) is 0 Å². The highest BCUT2D eigenvalue weighted by Gasteiger charge is 2.29. The van der Waals surface area contributed by atoms with Crippen molar-refractivity contribution >= 4 is 40.4 Å². The summed E-state index contributed by atoms with van der Waals surface area (Å²) in [5.41, 5.74) is 1.77. The Morgan fingerprint density at radius 2 is 2.15 bits per heavy atom. The Balaban J connectivity index is 1.92. The summed E-state index contributed by atoms with van der Waals surface area (Å²) in [5, 5.41) is 3.04. The van der Waals surface area contributed by atoms with Crippen LogP contribution in [0.25, 0.3) is 0 Å². The molecule has 0 N–H and O–H groups in total.